The molecule has 2 aromatic heterocycles. The summed E-state index contributed by atoms with van der Waals surface area (Å²) in [6, 6.07) is 16.2. The van der Waals surface area contributed by atoms with Crippen molar-refractivity contribution in [1.82, 2.24) is 19.3 Å². The number of hydrogen-bond acceptors (Lipinski definition) is 5. The van der Waals surface area contributed by atoms with Crippen molar-refractivity contribution in [2.75, 3.05) is 5.75 Å². The van der Waals surface area contributed by atoms with Crippen molar-refractivity contribution in [1.29, 1.82) is 0 Å². The quantitative estimate of drug-likeness (QED) is 0.313. The van der Waals surface area contributed by atoms with Gasteiger partial charge in [-0.2, -0.15) is 0 Å². The molecule has 4 aromatic rings. The van der Waals surface area contributed by atoms with Crippen LogP contribution in [0, 0.1) is 6.92 Å². The maximum Gasteiger partial charge on any atom is 0.282 e. The first-order valence-corrected chi connectivity index (χ1v) is 9.95. The van der Waals surface area contributed by atoms with Crippen LogP contribution in [0.15, 0.2) is 69.3 Å². The van der Waals surface area contributed by atoms with Crippen LogP contribution < -0.4 is 11.1 Å². The maximum atomic E-state index is 12.9. The molecule has 2 aromatic carbocycles. The maximum absolute atomic E-state index is 12.9. The molecule has 146 valence electrons. The van der Waals surface area contributed by atoms with Crippen LogP contribution in [0.1, 0.15) is 16.1 Å². The lowest BCUT2D eigenvalue weighted by molar-refractivity contribution is 0.102. The summed E-state index contributed by atoms with van der Waals surface area (Å²) in [6.45, 7) is 1.74. The molecule has 4 rings (SSSR count). The van der Waals surface area contributed by atoms with Crippen molar-refractivity contribution in [3.05, 3.63) is 86.6 Å². The molecule has 0 saturated heterocycles. The Morgan fingerprint density at radius 3 is 2.52 bits per heavy atom. The lowest BCUT2D eigenvalue weighted by atomic mass is 10.2. The molecule has 0 aliphatic rings. The Hall–Kier alpha value is -3.39. The molecule has 29 heavy (non-hydrogen) atoms. The van der Waals surface area contributed by atoms with E-state index in [-0.39, 0.29) is 28.2 Å². The number of thioether (sulfide) groups is 1. The number of Topliss-reactive ketones (excluding diaryl/α,β-unsaturated/α-hetero) is 1. The van der Waals surface area contributed by atoms with Gasteiger partial charge in [0.1, 0.15) is 5.56 Å². The Morgan fingerprint density at radius 1 is 1.07 bits per heavy atom. The standard InChI is InChI=1S/C21H18N4O3S/c1-13-18(20(28)25(24(13)2)14-8-4-3-5-9-14)17(26)12-29-21-22-16-11-7-6-10-15(16)19(27)23-21/h3-11H,12H2,1-2H3,(H,22,23,27). The Bertz CT molecular complexity index is 1340. The number of nitrogens with one attached hydrogen (secondary N) is 1. The van der Waals surface area contributed by atoms with Gasteiger partial charge in [-0.05, 0) is 31.2 Å². The molecule has 0 fully saturated rings. The average molecular weight is 406 g/mol. The summed E-state index contributed by atoms with van der Waals surface area (Å²) in [4.78, 5) is 45.0. The summed E-state index contributed by atoms with van der Waals surface area (Å²) in [5.41, 5.74) is 1.37. The Morgan fingerprint density at radius 2 is 1.76 bits per heavy atom. The number of aromatic amines is 1. The highest BCUT2D eigenvalue weighted by Gasteiger charge is 2.22. The summed E-state index contributed by atoms with van der Waals surface area (Å²) in [7, 11) is 1.75. The third kappa shape index (κ3) is 3.42. The first-order valence-electron chi connectivity index (χ1n) is 8.96. The van der Waals surface area contributed by atoms with Gasteiger partial charge in [-0.15, -0.1) is 0 Å². The minimum absolute atomic E-state index is 0.00381. The van der Waals surface area contributed by atoms with E-state index in [0.29, 0.717) is 27.4 Å². The van der Waals surface area contributed by atoms with Gasteiger partial charge in [0.05, 0.1) is 22.3 Å². The van der Waals surface area contributed by atoms with Gasteiger partial charge in [-0.25, -0.2) is 9.67 Å². The first kappa shape index (κ1) is 18.9. The second kappa shape index (κ2) is 7.56. The monoisotopic (exact) mass is 406 g/mol. The van der Waals surface area contributed by atoms with Crippen LogP contribution in [0.2, 0.25) is 0 Å². The molecule has 0 amide bonds. The molecule has 0 unspecified atom stereocenters. The number of benzene rings is 2. The van der Waals surface area contributed by atoms with Crippen LogP contribution in [-0.2, 0) is 7.05 Å². The van der Waals surface area contributed by atoms with Gasteiger partial charge >= 0.3 is 0 Å². The molecular weight excluding hydrogens is 388 g/mol. The highest BCUT2D eigenvalue weighted by molar-refractivity contribution is 7.99. The lowest BCUT2D eigenvalue weighted by Gasteiger charge is -2.07. The molecule has 1 N–H and O–H groups in total. The van der Waals surface area contributed by atoms with E-state index in [0.717, 1.165) is 11.8 Å². The third-order valence-electron chi connectivity index (χ3n) is 4.76. The van der Waals surface area contributed by atoms with E-state index in [1.54, 1.807) is 42.9 Å². The van der Waals surface area contributed by atoms with E-state index in [9.17, 15) is 14.4 Å². The predicted molar refractivity (Wildman–Crippen MR) is 113 cm³/mol. The van der Waals surface area contributed by atoms with Crippen LogP contribution in [0.5, 0.6) is 0 Å². The van der Waals surface area contributed by atoms with Gasteiger partial charge in [-0.3, -0.25) is 19.1 Å². The first-order chi connectivity index (χ1) is 14.0. The zero-order valence-corrected chi connectivity index (χ0v) is 16.7. The van der Waals surface area contributed by atoms with Crippen LogP contribution in [0.25, 0.3) is 16.6 Å². The highest BCUT2D eigenvalue weighted by Crippen LogP contribution is 2.18. The second-order valence-electron chi connectivity index (χ2n) is 6.54. The van der Waals surface area contributed by atoms with Gasteiger partial charge in [0.15, 0.2) is 10.9 Å². The fourth-order valence-electron chi connectivity index (χ4n) is 3.23. The number of carbonyl (C=O) groups excluding carboxylic acids is 1. The van der Waals surface area contributed by atoms with Gasteiger partial charge in [-0.1, -0.05) is 42.1 Å². The number of rotatable bonds is 5. The van der Waals surface area contributed by atoms with E-state index in [4.69, 9.17) is 0 Å². The number of H-pyrrole nitrogens is 1. The van der Waals surface area contributed by atoms with Crippen molar-refractivity contribution in [2.45, 2.75) is 12.1 Å². The smallest absolute Gasteiger partial charge is 0.282 e. The number of fused-ring (bicyclic) bond motifs is 1. The van der Waals surface area contributed by atoms with Gasteiger partial charge in [0.25, 0.3) is 11.1 Å². The molecule has 0 radical (unpaired) electrons. The number of carbonyl (C=O) groups is 1. The van der Waals surface area contributed by atoms with Crippen molar-refractivity contribution < 1.29 is 4.79 Å². The SMILES string of the molecule is Cc1c(C(=O)CSc2nc3ccccc3c(=O)[nH]2)c(=O)n(-c2ccccc2)n1C. The predicted octanol–water partition coefficient (Wildman–Crippen LogP) is 2.70. The van der Waals surface area contributed by atoms with Crippen LogP contribution in [0.4, 0.5) is 0 Å². The molecule has 7 nitrogen and oxygen atoms in total. The number of nitrogens with zero attached hydrogens (tertiary/aromatic N) is 3. The molecule has 2 heterocycles. The lowest BCUT2D eigenvalue weighted by Crippen LogP contribution is -2.23. The zero-order chi connectivity index (χ0) is 20.5. The van der Waals surface area contributed by atoms with Gasteiger partial charge in [0.2, 0.25) is 0 Å². The van der Waals surface area contributed by atoms with Gasteiger partial charge < -0.3 is 4.98 Å². The molecular formula is C21H18N4O3S. The Kier molecular flexibility index (Phi) is 4.94. The summed E-state index contributed by atoms with van der Waals surface area (Å²) in [5.74, 6) is -0.311. The van der Waals surface area contributed by atoms with E-state index < -0.39 is 0 Å². The zero-order valence-electron chi connectivity index (χ0n) is 15.9. The molecule has 0 atom stereocenters. The molecule has 0 aliphatic carbocycles. The fraction of sp³-hybridized carbons (Fsp3) is 0.143. The number of ketones is 1. The second-order valence-corrected chi connectivity index (χ2v) is 7.50. The summed E-state index contributed by atoms with van der Waals surface area (Å²) in [6.07, 6.45) is 0. The van der Waals surface area contributed by atoms with Crippen molar-refractivity contribution in [2.24, 2.45) is 7.05 Å². The largest absolute Gasteiger partial charge is 0.301 e. The molecule has 0 bridgehead atoms. The minimum atomic E-state index is -0.359. The topological polar surface area (TPSA) is 89.8 Å². The van der Waals surface area contributed by atoms with Crippen molar-refractivity contribution >= 4 is 28.4 Å². The minimum Gasteiger partial charge on any atom is -0.301 e. The summed E-state index contributed by atoms with van der Waals surface area (Å²) < 4.78 is 3.15. The normalized spacial score (nSPS) is 11.1. The van der Waals surface area contributed by atoms with Crippen molar-refractivity contribution in [3.8, 4) is 5.69 Å². The van der Waals surface area contributed by atoms with Crippen LogP contribution >= 0.6 is 11.8 Å². The summed E-state index contributed by atoms with van der Waals surface area (Å²) in [5, 5.41) is 0.840. The van der Waals surface area contributed by atoms with E-state index in [2.05, 4.69) is 9.97 Å². The van der Waals surface area contributed by atoms with Crippen LogP contribution in [0.3, 0.4) is 0 Å². The Labute approximate surface area is 170 Å². The molecule has 0 aliphatic heterocycles. The number of aromatic nitrogens is 4. The summed E-state index contributed by atoms with van der Waals surface area (Å²) >= 11 is 1.11. The van der Waals surface area contributed by atoms with E-state index in [1.807, 2.05) is 30.3 Å². The number of hydrogen-bond donors (Lipinski definition) is 1. The molecule has 8 heteroatoms. The Balaban J connectivity index is 1.63. The van der Waals surface area contributed by atoms with Gasteiger partial charge in [0, 0.05) is 12.7 Å². The third-order valence-corrected chi connectivity index (χ3v) is 5.64. The average Bonchev–Trinajstić information content (AvgIpc) is 2.95. The molecule has 0 saturated carbocycles. The molecule has 0 spiro atoms. The van der Waals surface area contributed by atoms with E-state index in [1.165, 1.54) is 4.68 Å². The highest BCUT2D eigenvalue weighted by atomic mass is 32.2. The number of para-hydroxylation sites is 2. The van der Waals surface area contributed by atoms with Crippen molar-refractivity contribution in [3.63, 3.8) is 0 Å². The van der Waals surface area contributed by atoms with Crippen LogP contribution in [-0.4, -0.2) is 30.9 Å². The van der Waals surface area contributed by atoms with E-state index >= 15 is 0 Å². The fourth-order valence-corrected chi connectivity index (χ4v) is 3.97.